The van der Waals surface area contributed by atoms with Gasteiger partial charge in [0.05, 0.1) is 12.8 Å². The highest BCUT2D eigenvalue weighted by atomic mass is 19.3. The van der Waals surface area contributed by atoms with Crippen molar-refractivity contribution in [2.45, 2.75) is 38.2 Å². The molecule has 0 saturated heterocycles. The molecule has 0 bridgehead atoms. The van der Waals surface area contributed by atoms with Gasteiger partial charge in [0, 0.05) is 25.3 Å². The topological polar surface area (TPSA) is 64.3 Å². The van der Waals surface area contributed by atoms with E-state index in [0.29, 0.717) is 18.0 Å². The lowest BCUT2D eigenvalue weighted by Crippen LogP contribution is -2.31. The third kappa shape index (κ3) is 3.91. The van der Waals surface area contributed by atoms with Gasteiger partial charge < -0.3 is 15.8 Å². The number of hydrogen-bond donors (Lipinski definition) is 2. The molecule has 0 heterocycles. The summed E-state index contributed by atoms with van der Waals surface area (Å²) in [5.74, 6) is -2.71. The van der Waals surface area contributed by atoms with Gasteiger partial charge in [0.15, 0.2) is 0 Å². The van der Waals surface area contributed by atoms with Gasteiger partial charge in [0.25, 0.3) is 0 Å². The van der Waals surface area contributed by atoms with Crippen molar-refractivity contribution >= 4 is 11.6 Å². The second kappa shape index (κ2) is 6.39. The number of anilines is 1. The van der Waals surface area contributed by atoms with Crippen LogP contribution in [0, 0.1) is 5.92 Å². The zero-order chi connectivity index (χ0) is 15.5. The quantitative estimate of drug-likeness (QED) is 0.898. The fourth-order valence-electron chi connectivity index (χ4n) is 2.50. The smallest absolute Gasteiger partial charge is 0.248 e. The molecule has 0 aliphatic heterocycles. The van der Waals surface area contributed by atoms with Crippen LogP contribution in [0.2, 0.25) is 0 Å². The largest absolute Gasteiger partial charge is 0.495 e. The number of benzene rings is 1. The van der Waals surface area contributed by atoms with E-state index >= 15 is 0 Å². The Morgan fingerprint density at radius 3 is 2.67 bits per heavy atom. The molecule has 1 saturated carbocycles. The zero-order valence-electron chi connectivity index (χ0n) is 12.0. The van der Waals surface area contributed by atoms with E-state index < -0.39 is 5.92 Å². The summed E-state index contributed by atoms with van der Waals surface area (Å²) in [6.45, 7) is 0.377. The van der Waals surface area contributed by atoms with E-state index in [2.05, 4.69) is 5.32 Å². The third-order valence-electron chi connectivity index (χ3n) is 3.85. The first-order valence-electron chi connectivity index (χ1n) is 7.01. The highest BCUT2D eigenvalue weighted by Crippen LogP contribution is 2.37. The molecule has 116 valence electrons. The van der Waals surface area contributed by atoms with Crippen LogP contribution in [0.25, 0.3) is 0 Å². The van der Waals surface area contributed by atoms with Crippen LogP contribution in [0.3, 0.4) is 0 Å². The van der Waals surface area contributed by atoms with Gasteiger partial charge in [-0.05, 0) is 30.5 Å². The molecule has 1 amide bonds. The Hall–Kier alpha value is -1.69. The molecule has 1 aromatic rings. The predicted octanol–water partition coefficient (Wildman–Crippen LogP) is 2.92. The molecular weight excluding hydrogens is 278 g/mol. The Kier molecular flexibility index (Phi) is 4.77. The van der Waals surface area contributed by atoms with Gasteiger partial charge in [-0.25, -0.2) is 8.78 Å². The fraction of sp³-hybridized carbons (Fsp3) is 0.533. The van der Waals surface area contributed by atoms with Gasteiger partial charge >= 0.3 is 0 Å². The Morgan fingerprint density at radius 1 is 1.43 bits per heavy atom. The van der Waals surface area contributed by atoms with Crippen molar-refractivity contribution < 1.29 is 18.3 Å². The Balaban J connectivity index is 2.03. The average molecular weight is 298 g/mol. The summed E-state index contributed by atoms with van der Waals surface area (Å²) in [6, 6.07) is 5.27. The molecule has 0 aromatic heterocycles. The molecule has 3 N–H and O–H groups in total. The molecule has 21 heavy (non-hydrogen) atoms. The van der Waals surface area contributed by atoms with E-state index in [1.54, 1.807) is 18.2 Å². The molecule has 1 aliphatic rings. The van der Waals surface area contributed by atoms with E-state index in [9.17, 15) is 13.6 Å². The second-order valence-electron chi connectivity index (χ2n) is 5.36. The summed E-state index contributed by atoms with van der Waals surface area (Å²) >= 11 is 0. The van der Waals surface area contributed by atoms with Crippen LogP contribution in [0.15, 0.2) is 18.2 Å². The van der Waals surface area contributed by atoms with Crippen molar-refractivity contribution in [2.75, 3.05) is 12.4 Å². The summed E-state index contributed by atoms with van der Waals surface area (Å²) in [5, 5.41) is 2.76. The molecule has 0 atom stereocenters. The van der Waals surface area contributed by atoms with Crippen LogP contribution in [-0.2, 0) is 11.3 Å². The third-order valence-corrected chi connectivity index (χ3v) is 3.85. The van der Waals surface area contributed by atoms with Crippen molar-refractivity contribution in [1.29, 1.82) is 0 Å². The minimum atomic E-state index is -2.63. The number of alkyl halides is 2. The summed E-state index contributed by atoms with van der Waals surface area (Å²) in [7, 11) is 1.51. The molecule has 1 aliphatic carbocycles. The Morgan fingerprint density at radius 2 is 2.10 bits per heavy atom. The number of halogens is 2. The summed E-state index contributed by atoms with van der Waals surface area (Å²) in [4.78, 5) is 12.2. The number of nitrogens with two attached hydrogens (primary N) is 1. The lowest BCUT2D eigenvalue weighted by atomic mass is 9.86. The van der Waals surface area contributed by atoms with E-state index in [4.69, 9.17) is 10.5 Å². The maximum absolute atomic E-state index is 13.1. The number of nitrogens with one attached hydrogen (secondary N) is 1. The minimum Gasteiger partial charge on any atom is -0.495 e. The van der Waals surface area contributed by atoms with E-state index in [-0.39, 0.29) is 37.5 Å². The van der Waals surface area contributed by atoms with Crippen LogP contribution < -0.4 is 15.8 Å². The van der Waals surface area contributed by atoms with Crippen LogP contribution in [0.1, 0.15) is 31.2 Å². The number of amides is 1. The average Bonchev–Trinajstić information content (AvgIpc) is 2.47. The molecule has 4 nitrogen and oxygen atoms in total. The fourth-order valence-corrected chi connectivity index (χ4v) is 2.50. The Bertz CT molecular complexity index is 510. The van der Waals surface area contributed by atoms with Gasteiger partial charge in [-0.2, -0.15) is 0 Å². The van der Waals surface area contributed by atoms with Gasteiger partial charge in [-0.1, -0.05) is 6.07 Å². The van der Waals surface area contributed by atoms with Crippen molar-refractivity contribution in [2.24, 2.45) is 11.7 Å². The second-order valence-corrected chi connectivity index (χ2v) is 5.36. The summed E-state index contributed by atoms with van der Waals surface area (Å²) < 4.78 is 31.4. The lowest BCUT2D eigenvalue weighted by Gasteiger charge is -2.27. The SMILES string of the molecule is COc1cc(CN)ccc1NC(=O)C1CCC(F)(F)CC1. The van der Waals surface area contributed by atoms with Crippen LogP contribution in [0.5, 0.6) is 5.75 Å². The Labute approximate surface area is 122 Å². The monoisotopic (exact) mass is 298 g/mol. The van der Waals surface area contributed by atoms with Crippen molar-refractivity contribution in [3.8, 4) is 5.75 Å². The molecular formula is C15H20F2N2O2. The molecule has 0 unspecified atom stereocenters. The van der Waals surface area contributed by atoms with Crippen LogP contribution >= 0.6 is 0 Å². The first-order chi connectivity index (χ1) is 9.95. The van der Waals surface area contributed by atoms with E-state index in [1.165, 1.54) is 7.11 Å². The lowest BCUT2D eigenvalue weighted by molar-refractivity contribution is -0.124. The number of rotatable bonds is 4. The van der Waals surface area contributed by atoms with Crippen molar-refractivity contribution in [3.05, 3.63) is 23.8 Å². The van der Waals surface area contributed by atoms with Gasteiger partial charge in [0.2, 0.25) is 11.8 Å². The summed E-state index contributed by atoms with van der Waals surface area (Å²) in [5.41, 5.74) is 6.98. The number of ether oxygens (including phenoxy) is 1. The highest BCUT2D eigenvalue weighted by molar-refractivity contribution is 5.94. The molecule has 1 aromatic carbocycles. The van der Waals surface area contributed by atoms with E-state index in [1.807, 2.05) is 0 Å². The number of carbonyl (C=O) groups excluding carboxylic acids is 1. The number of methoxy groups -OCH3 is 1. The number of carbonyl (C=O) groups is 1. The maximum Gasteiger partial charge on any atom is 0.248 e. The molecule has 0 radical (unpaired) electrons. The minimum absolute atomic E-state index is 0.210. The highest BCUT2D eigenvalue weighted by Gasteiger charge is 2.37. The van der Waals surface area contributed by atoms with Gasteiger partial charge in [0.1, 0.15) is 5.75 Å². The van der Waals surface area contributed by atoms with Gasteiger partial charge in [-0.3, -0.25) is 4.79 Å². The standard InChI is InChI=1S/C15H20F2N2O2/c1-21-13-8-10(9-18)2-3-12(13)19-14(20)11-4-6-15(16,17)7-5-11/h2-3,8,11H,4-7,9,18H2,1H3,(H,19,20). The van der Waals surface area contributed by atoms with E-state index in [0.717, 1.165) is 5.56 Å². The summed E-state index contributed by atoms with van der Waals surface area (Å²) in [6.07, 6.45) is -0.0350. The molecule has 2 rings (SSSR count). The molecule has 1 fully saturated rings. The first-order valence-corrected chi connectivity index (χ1v) is 7.01. The van der Waals surface area contributed by atoms with Crippen LogP contribution in [-0.4, -0.2) is 18.9 Å². The van der Waals surface area contributed by atoms with Gasteiger partial charge in [-0.15, -0.1) is 0 Å². The molecule has 6 heteroatoms. The predicted molar refractivity (Wildman–Crippen MR) is 76.4 cm³/mol. The number of hydrogen-bond acceptors (Lipinski definition) is 3. The zero-order valence-corrected chi connectivity index (χ0v) is 12.0. The van der Waals surface area contributed by atoms with Crippen molar-refractivity contribution in [3.63, 3.8) is 0 Å². The van der Waals surface area contributed by atoms with Crippen LogP contribution in [0.4, 0.5) is 14.5 Å². The first kappa shape index (κ1) is 15.7. The normalized spacial score (nSPS) is 18.3. The maximum atomic E-state index is 13.1. The van der Waals surface area contributed by atoms with Crippen molar-refractivity contribution in [1.82, 2.24) is 0 Å². The molecule has 0 spiro atoms.